The standard InChI is InChI=1S/C46H72O6S/c1-4-7-8-9-10-11-12-13-14-15-16-17-18-23-32-53-43-35-41(49)39-33-36(24-19-21-28-47)38(25-20-22-29-48)44-40-34-37(50-30-5-2)26-27-42(40)52-46(43,45(39)44)51-31-6-3/h5-6,26-27,33-34,36,38,43-45,47-48H,2-4,7-25,28-32,35H2,1H3. The van der Waals surface area contributed by atoms with Crippen molar-refractivity contribution in [1.29, 1.82) is 0 Å². The molecule has 1 aliphatic heterocycles. The number of carbonyl (C=O) groups is 1. The quantitative estimate of drug-likeness (QED) is 0.0598. The van der Waals surface area contributed by atoms with Crippen LogP contribution in [-0.4, -0.2) is 59.2 Å². The number of hydrogen-bond acceptors (Lipinski definition) is 7. The molecule has 4 rings (SSSR count). The van der Waals surface area contributed by atoms with Crippen molar-refractivity contribution in [3.63, 3.8) is 0 Å². The molecule has 1 heterocycles. The largest absolute Gasteiger partial charge is 0.490 e. The number of Topliss-reactive ketones (excluding diaryl/α,β-unsaturated/α-hetero) is 1. The van der Waals surface area contributed by atoms with E-state index in [-0.39, 0.29) is 47.9 Å². The molecular weight excluding hydrogens is 681 g/mol. The van der Waals surface area contributed by atoms with Crippen LogP contribution < -0.4 is 9.47 Å². The van der Waals surface area contributed by atoms with Crippen LogP contribution >= 0.6 is 11.8 Å². The average Bonchev–Trinajstić information content (AvgIpc) is 3.17. The molecule has 0 bridgehead atoms. The smallest absolute Gasteiger partial charge is 0.230 e. The molecule has 7 heteroatoms. The molecule has 6 nitrogen and oxygen atoms in total. The summed E-state index contributed by atoms with van der Waals surface area (Å²) in [5.74, 6) is 1.89. The third-order valence-corrected chi connectivity index (χ3v) is 13.2. The first-order chi connectivity index (χ1) is 26.0. The van der Waals surface area contributed by atoms with Gasteiger partial charge in [-0.1, -0.05) is 128 Å². The maximum atomic E-state index is 14.3. The summed E-state index contributed by atoms with van der Waals surface area (Å²) in [4.78, 5) is 14.3. The van der Waals surface area contributed by atoms with Crippen LogP contribution in [0.4, 0.5) is 0 Å². The summed E-state index contributed by atoms with van der Waals surface area (Å²) in [5, 5.41) is 19.2. The van der Waals surface area contributed by atoms with Crippen molar-refractivity contribution in [1.82, 2.24) is 0 Å². The number of aliphatic hydroxyl groups excluding tert-OH is 2. The van der Waals surface area contributed by atoms with Crippen molar-refractivity contribution < 1.29 is 29.2 Å². The number of thioether (sulfide) groups is 1. The normalized spacial score (nSPS) is 24.5. The fourth-order valence-corrected chi connectivity index (χ4v) is 10.6. The second-order valence-corrected chi connectivity index (χ2v) is 17.0. The zero-order valence-corrected chi connectivity index (χ0v) is 33.9. The van der Waals surface area contributed by atoms with E-state index in [0.29, 0.717) is 19.6 Å². The molecule has 1 aromatic carbocycles. The van der Waals surface area contributed by atoms with Gasteiger partial charge in [-0.15, -0.1) is 6.58 Å². The van der Waals surface area contributed by atoms with Gasteiger partial charge >= 0.3 is 0 Å². The molecule has 0 radical (unpaired) electrons. The summed E-state index contributed by atoms with van der Waals surface area (Å²) >= 11 is 1.86. The number of ether oxygens (including phenoxy) is 3. The molecule has 2 aliphatic carbocycles. The first-order valence-electron chi connectivity index (χ1n) is 21.4. The molecule has 0 spiro atoms. The Morgan fingerprint density at radius 2 is 1.45 bits per heavy atom. The fourth-order valence-electron chi connectivity index (χ4n) is 9.14. The van der Waals surface area contributed by atoms with Crippen LogP contribution in [0.25, 0.3) is 0 Å². The van der Waals surface area contributed by atoms with E-state index in [1.165, 1.54) is 83.5 Å². The molecule has 53 heavy (non-hydrogen) atoms. The van der Waals surface area contributed by atoms with Gasteiger partial charge in [-0.2, -0.15) is 11.8 Å². The molecule has 0 amide bonds. The monoisotopic (exact) mass is 753 g/mol. The minimum absolute atomic E-state index is 0.0120. The number of hydrogen-bond donors (Lipinski definition) is 2. The molecular formula is C46H72O6S. The highest BCUT2D eigenvalue weighted by molar-refractivity contribution is 8.00. The maximum absolute atomic E-state index is 14.3. The lowest BCUT2D eigenvalue weighted by molar-refractivity contribution is -0.227. The van der Waals surface area contributed by atoms with Crippen molar-refractivity contribution in [2.24, 2.45) is 17.8 Å². The molecule has 3 aliphatic rings. The Morgan fingerprint density at radius 3 is 2.08 bits per heavy atom. The minimum atomic E-state index is -0.999. The van der Waals surface area contributed by atoms with Gasteiger partial charge in [-0.05, 0) is 67.9 Å². The van der Waals surface area contributed by atoms with Gasteiger partial charge in [-0.25, -0.2) is 0 Å². The van der Waals surface area contributed by atoms with Crippen molar-refractivity contribution >= 4 is 17.5 Å². The highest BCUT2D eigenvalue weighted by atomic mass is 32.2. The first-order valence-corrected chi connectivity index (χ1v) is 22.5. The molecule has 6 unspecified atom stereocenters. The van der Waals surface area contributed by atoms with Crippen LogP contribution in [0.1, 0.15) is 153 Å². The van der Waals surface area contributed by atoms with Crippen LogP contribution in [0.3, 0.4) is 0 Å². The van der Waals surface area contributed by atoms with Crippen LogP contribution in [-0.2, 0) is 9.53 Å². The van der Waals surface area contributed by atoms with Gasteiger partial charge in [0.15, 0.2) is 5.78 Å². The summed E-state index contributed by atoms with van der Waals surface area (Å²) in [6.07, 6.45) is 30.0. The van der Waals surface area contributed by atoms with Gasteiger partial charge in [0.2, 0.25) is 5.79 Å². The Morgan fingerprint density at radius 1 is 0.830 bits per heavy atom. The Kier molecular flexibility index (Phi) is 20.1. The van der Waals surface area contributed by atoms with Gasteiger partial charge in [0, 0.05) is 36.7 Å². The van der Waals surface area contributed by atoms with Crippen LogP contribution in [0.5, 0.6) is 11.5 Å². The van der Waals surface area contributed by atoms with E-state index in [1.807, 2.05) is 23.9 Å². The number of rotatable bonds is 30. The fraction of sp³-hybridized carbons (Fsp3) is 0.717. The number of aliphatic hydroxyl groups is 2. The van der Waals surface area contributed by atoms with E-state index in [1.54, 1.807) is 12.2 Å². The molecule has 1 saturated carbocycles. The average molecular weight is 753 g/mol. The SMILES string of the molecule is C=CCOc1ccc2c(c1)C1C(CCCCO)C(CCCCO)C=C3C(=O)CC(SCCCCCCCCCCCCCCCC)C(OCC=C)(O2)C31. The summed E-state index contributed by atoms with van der Waals surface area (Å²) < 4.78 is 20.1. The van der Waals surface area contributed by atoms with Crippen LogP contribution in [0.2, 0.25) is 0 Å². The zero-order valence-electron chi connectivity index (χ0n) is 33.1. The summed E-state index contributed by atoms with van der Waals surface area (Å²) in [6.45, 7) is 11.2. The van der Waals surface area contributed by atoms with E-state index >= 15 is 0 Å². The summed E-state index contributed by atoms with van der Waals surface area (Å²) in [7, 11) is 0. The van der Waals surface area contributed by atoms with Gasteiger partial charge in [0.25, 0.3) is 0 Å². The Labute approximate surface area is 326 Å². The summed E-state index contributed by atoms with van der Waals surface area (Å²) in [5.41, 5.74) is 1.93. The van der Waals surface area contributed by atoms with Crippen molar-refractivity contribution in [2.75, 3.05) is 32.2 Å². The Balaban J connectivity index is 1.49. The van der Waals surface area contributed by atoms with Gasteiger partial charge in [-0.3, -0.25) is 4.79 Å². The lowest BCUT2D eigenvalue weighted by atomic mass is 9.56. The Bertz CT molecular complexity index is 1260. The molecule has 6 atom stereocenters. The number of allylic oxidation sites excluding steroid dienone is 1. The lowest BCUT2D eigenvalue weighted by Gasteiger charge is -2.58. The predicted molar refractivity (Wildman–Crippen MR) is 221 cm³/mol. The van der Waals surface area contributed by atoms with Crippen LogP contribution in [0, 0.1) is 17.8 Å². The topological polar surface area (TPSA) is 85.2 Å². The number of carbonyl (C=O) groups excluding carboxylic acids is 1. The maximum Gasteiger partial charge on any atom is 0.230 e. The third-order valence-electron chi connectivity index (χ3n) is 11.8. The highest BCUT2D eigenvalue weighted by Crippen LogP contribution is 2.62. The molecule has 298 valence electrons. The zero-order chi connectivity index (χ0) is 37.7. The van der Waals surface area contributed by atoms with Gasteiger partial charge in [0.05, 0.1) is 17.8 Å². The van der Waals surface area contributed by atoms with Gasteiger partial charge < -0.3 is 24.4 Å². The van der Waals surface area contributed by atoms with E-state index in [4.69, 9.17) is 14.2 Å². The molecule has 2 N–H and O–H groups in total. The molecule has 0 aromatic heterocycles. The lowest BCUT2D eigenvalue weighted by Crippen LogP contribution is -2.64. The van der Waals surface area contributed by atoms with Crippen LogP contribution in [0.15, 0.2) is 55.2 Å². The number of fused-ring (bicyclic) bond motifs is 2. The van der Waals surface area contributed by atoms with E-state index in [2.05, 4.69) is 32.2 Å². The Hall–Kier alpha value is -2.06. The first kappa shape index (κ1) is 43.7. The highest BCUT2D eigenvalue weighted by Gasteiger charge is 2.64. The molecule has 1 aromatic rings. The molecule has 1 fully saturated rings. The third kappa shape index (κ3) is 12.5. The minimum Gasteiger partial charge on any atom is -0.490 e. The van der Waals surface area contributed by atoms with Crippen molar-refractivity contribution in [3.05, 3.63) is 60.7 Å². The second-order valence-electron chi connectivity index (χ2n) is 15.7. The number of benzene rings is 1. The van der Waals surface area contributed by atoms with E-state index < -0.39 is 5.79 Å². The summed E-state index contributed by atoms with van der Waals surface area (Å²) in [6, 6.07) is 6.11. The molecule has 0 saturated heterocycles. The second kappa shape index (κ2) is 24.5. The van der Waals surface area contributed by atoms with Gasteiger partial charge in [0.1, 0.15) is 18.1 Å². The van der Waals surface area contributed by atoms with Crippen molar-refractivity contribution in [3.8, 4) is 11.5 Å². The van der Waals surface area contributed by atoms with Crippen molar-refractivity contribution in [2.45, 2.75) is 159 Å². The predicted octanol–water partition coefficient (Wildman–Crippen LogP) is 11.3. The number of ketones is 1. The van der Waals surface area contributed by atoms with E-state index in [0.717, 1.165) is 73.3 Å². The number of unbranched alkanes of at least 4 members (excludes halogenated alkanes) is 15. The van der Waals surface area contributed by atoms with E-state index in [9.17, 15) is 15.0 Å².